The second kappa shape index (κ2) is 9.55. The summed E-state index contributed by atoms with van der Waals surface area (Å²) in [5.41, 5.74) is 16.4. The first-order chi connectivity index (χ1) is 23.4. The highest BCUT2D eigenvalue weighted by atomic mass is 14.5. The molecule has 0 bridgehead atoms. The molecule has 8 aromatic rings. The first kappa shape index (κ1) is 27.6. The fraction of sp³-hybridized carbons (Fsp3) is 0.125. The Labute approximate surface area is 282 Å². The van der Waals surface area contributed by atoms with Crippen molar-refractivity contribution in [1.29, 1.82) is 0 Å². The van der Waals surface area contributed by atoms with E-state index in [4.69, 9.17) is 0 Å². The van der Waals surface area contributed by atoms with E-state index < -0.39 is 0 Å². The molecule has 0 spiro atoms. The van der Waals surface area contributed by atoms with Gasteiger partial charge in [-0.3, -0.25) is 0 Å². The standard InChI is InChI=1S/C48H36/c1-47(2)40-23-12-11-21-38(40)45-42(47)27-25-37-39-28-30(24-26-41(39)48(3,4)46(37)45)43-33-17-7-9-19-35(33)44(36-20-10-8-18-34(36)43)32-22-13-15-29-14-5-6-16-31(29)32/h5-28H,1-4H3. The molecule has 0 nitrogen and oxygen atoms in total. The van der Waals surface area contributed by atoms with Gasteiger partial charge in [-0.1, -0.05) is 167 Å². The Balaban J connectivity index is 1.26. The molecule has 0 fully saturated rings. The van der Waals surface area contributed by atoms with Crippen molar-refractivity contribution in [2.75, 3.05) is 0 Å². The van der Waals surface area contributed by atoms with Crippen molar-refractivity contribution in [3.63, 3.8) is 0 Å². The van der Waals surface area contributed by atoms with Gasteiger partial charge in [-0.05, 0) is 105 Å². The van der Waals surface area contributed by atoms with Gasteiger partial charge in [-0.25, -0.2) is 0 Å². The van der Waals surface area contributed by atoms with Crippen LogP contribution >= 0.6 is 0 Å². The Bertz CT molecular complexity index is 2600. The highest BCUT2D eigenvalue weighted by Gasteiger charge is 2.44. The van der Waals surface area contributed by atoms with Gasteiger partial charge in [-0.15, -0.1) is 0 Å². The van der Waals surface area contributed by atoms with Gasteiger partial charge < -0.3 is 0 Å². The Morgan fingerprint density at radius 3 is 1.60 bits per heavy atom. The summed E-state index contributed by atoms with van der Waals surface area (Å²) in [5, 5.41) is 7.73. The minimum atomic E-state index is -0.107. The van der Waals surface area contributed by atoms with E-state index in [1.807, 2.05) is 0 Å². The summed E-state index contributed by atoms with van der Waals surface area (Å²) < 4.78 is 0. The largest absolute Gasteiger partial charge is 0.0619 e. The molecule has 0 unspecified atom stereocenters. The molecule has 0 N–H and O–H groups in total. The van der Waals surface area contributed by atoms with Crippen LogP contribution in [0, 0.1) is 0 Å². The van der Waals surface area contributed by atoms with Gasteiger partial charge in [0.25, 0.3) is 0 Å². The first-order valence-electron chi connectivity index (χ1n) is 17.2. The summed E-state index contributed by atoms with van der Waals surface area (Å²) in [6, 6.07) is 54.7. The van der Waals surface area contributed by atoms with Crippen molar-refractivity contribution >= 4 is 32.3 Å². The molecule has 0 heteroatoms. The van der Waals surface area contributed by atoms with Crippen LogP contribution in [0.2, 0.25) is 0 Å². The Morgan fingerprint density at radius 1 is 0.333 bits per heavy atom. The SMILES string of the molecule is CC1(C)c2ccccc2-c2c1ccc1c2C(C)(C)c2ccc(-c3c4ccccc4c(-c4cccc5ccccc45)c4ccccc34)cc2-1. The molecule has 0 radical (unpaired) electrons. The Hall–Kier alpha value is -5.46. The van der Waals surface area contributed by atoms with Crippen molar-refractivity contribution in [3.8, 4) is 44.5 Å². The lowest BCUT2D eigenvalue weighted by Gasteiger charge is -2.26. The van der Waals surface area contributed by atoms with Gasteiger partial charge in [0.2, 0.25) is 0 Å². The van der Waals surface area contributed by atoms with Gasteiger partial charge in [-0.2, -0.15) is 0 Å². The molecule has 10 rings (SSSR count). The minimum Gasteiger partial charge on any atom is -0.0619 e. The van der Waals surface area contributed by atoms with Crippen LogP contribution in [0.5, 0.6) is 0 Å². The average Bonchev–Trinajstić information content (AvgIpc) is 3.49. The van der Waals surface area contributed by atoms with Gasteiger partial charge in [0.1, 0.15) is 0 Å². The van der Waals surface area contributed by atoms with Crippen LogP contribution in [0.3, 0.4) is 0 Å². The van der Waals surface area contributed by atoms with E-state index in [2.05, 4.69) is 173 Å². The predicted molar refractivity (Wildman–Crippen MR) is 205 cm³/mol. The summed E-state index contributed by atoms with van der Waals surface area (Å²) in [6.45, 7) is 9.62. The first-order valence-corrected chi connectivity index (χ1v) is 17.2. The van der Waals surface area contributed by atoms with Crippen LogP contribution in [0.1, 0.15) is 49.9 Å². The molecular formula is C48H36. The molecule has 228 valence electrons. The molecule has 0 amide bonds. The highest BCUT2D eigenvalue weighted by molar-refractivity contribution is 6.23. The lowest BCUT2D eigenvalue weighted by Crippen LogP contribution is -2.18. The van der Waals surface area contributed by atoms with Crippen LogP contribution in [-0.2, 0) is 10.8 Å². The van der Waals surface area contributed by atoms with Crippen molar-refractivity contribution in [3.05, 3.63) is 168 Å². The van der Waals surface area contributed by atoms with E-state index in [0.717, 1.165) is 0 Å². The maximum Gasteiger partial charge on any atom is 0.0165 e. The quantitative estimate of drug-likeness (QED) is 0.170. The van der Waals surface area contributed by atoms with Crippen LogP contribution in [0.15, 0.2) is 146 Å². The number of benzene rings is 8. The van der Waals surface area contributed by atoms with E-state index in [0.29, 0.717) is 0 Å². The summed E-state index contributed by atoms with van der Waals surface area (Å²) in [5.74, 6) is 0. The second-order valence-corrected chi connectivity index (χ2v) is 14.8. The zero-order valence-electron chi connectivity index (χ0n) is 27.9. The fourth-order valence-electron chi connectivity index (χ4n) is 9.44. The zero-order chi connectivity index (χ0) is 32.4. The highest BCUT2D eigenvalue weighted by Crippen LogP contribution is 2.59. The molecular weight excluding hydrogens is 577 g/mol. The number of rotatable bonds is 2. The van der Waals surface area contributed by atoms with Gasteiger partial charge >= 0.3 is 0 Å². The van der Waals surface area contributed by atoms with Crippen molar-refractivity contribution in [1.82, 2.24) is 0 Å². The third kappa shape index (κ3) is 3.50. The van der Waals surface area contributed by atoms with Crippen LogP contribution < -0.4 is 0 Å². The molecule has 0 saturated heterocycles. The number of hydrogen-bond donors (Lipinski definition) is 0. The van der Waals surface area contributed by atoms with Gasteiger partial charge in [0.05, 0.1) is 0 Å². The smallest absolute Gasteiger partial charge is 0.0165 e. The maximum atomic E-state index is 2.49. The van der Waals surface area contributed by atoms with Gasteiger partial charge in [0.15, 0.2) is 0 Å². The van der Waals surface area contributed by atoms with Crippen molar-refractivity contribution in [2.24, 2.45) is 0 Å². The van der Waals surface area contributed by atoms with Crippen LogP contribution in [-0.4, -0.2) is 0 Å². The molecule has 0 aliphatic heterocycles. The summed E-state index contributed by atoms with van der Waals surface area (Å²) in [4.78, 5) is 0. The van der Waals surface area contributed by atoms with Gasteiger partial charge in [0, 0.05) is 10.8 Å². The normalized spacial score (nSPS) is 15.0. The topological polar surface area (TPSA) is 0 Å². The average molecular weight is 613 g/mol. The van der Waals surface area contributed by atoms with Crippen molar-refractivity contribution < 1.29 is 0 Å². The Morgan fingerprint density at radius 2 is 0.875 bits per heavy atom. The molecule has 2 aliphatic rings. The second-order valence-electron chi connectivity index (χ2n) is 14.8. The number of hydrogen-bond acceptors (Lipinski definition) is 0. The molecule has 0 aromatic heterocycles. The molecule has 0 atom stereocenters. The maximum absolute atomic E-state index is 2.49. The lowest BCUT2D eigenvalue weighted by molar-refractivity contribution is 0.647. The lowest BCUT2D eigenvalue weighted by atomic mass is 9.77. The molecule has 0 heterocycles. The number of fused-ring (bicyclic) bond motifs is 10. The minimum absolute atomic E-state index is 0.0133. The van der Waals surface area contributed by atoms with Crippen molar-refractivity contribution in [2.45, 2.75) is 38.5 Å². The zero-order valence-corrected chi connectivity index (χ0v) is 27.9. The van der Waals surface area contributed by atoms with Crippen LogP contribution in [0.4, 0.5) is 0 Å². The summed E-state index contributed by atoms with van der Waals surface area (Å²) in [7, 11) is 0. The molecule has 48 heavy (non-hydrogen) atoms. The summed E-state index contributed by atoms with van der Waals surface area (Å²) >= 11 is 0. The van der Waals surface area contributed by atoms with E-state index in [1.54, 1.807) is 0 Å². The third-order valence-electron chi connectivity index (χ3n) is 11.6. The summed E-state index contributed by atoms with van der Waals surface area (Å²) in [6.07, 6.45) is 0. The van der Waals surface area contributed by atoms with E-state index in [-0.39, 0.29) is 10.8 Å². The predicted octanol–water partition coefficient (Wildman–Crippen LogP) is 13.1. The molecule has 8 aromatic carbocycles. The molecule has 2 aliphatic carbocycles. The fourth-order valence-corrected chi connectivity index (χ4v) is 9.44. The van der Waals surface area contributed by atoms with E-state index in [1.165, 1.54) is 99.1 Å². The third-order valence-corrected chi connectivity index (χ3v) is 11.6. The Kier molecular flexibility index (Phi) is 5.50. The van der Waals surface area contributed by atoms with Crippen LogP contribution in [0.25, 0.3) is 76.8 Å². The monoisotopic (exact) mass is 612 g/mol. The molecule has 0 saturated carbocycles. The van der Waals surface area contributed by atoms with E-state index >= 15 is 0 Å². The van der Waals surface area contributed by atoms with E-state index in [9.17, 15) is 0 Å².